The van der Waals surface area contributed by atoms with E-state index in [4.69, 9.17) is 17.3 Å². The quantitative estimate of drug-likeness (QED) is 0.872. The van der Waals surface area contributed by atoms with Gasteiger partial charge in [-0.2, -0.15) is 0 Å². The number of nitrogens with zero attached hydrogens (tertiary/aromatic N) is 1. The SMILES string of the molecule is CC1CC(C)N(c2ccc([C@@H](C)N)cc2Cl)C1. The molecule has 1 aromatic rings. The minimum atomic E-state index is 0.0384. The van der Waals surface area contributed by atoms with Crippen molar-refractivity contribution in [3.63, 3.8) is 0 Å². The molecule has 1 heterocycles. The molecule has 0 aliphatic carbocycles. The van der Waals surface area contributed by atoms with Gasteiger partial charge in [0.2, 0.25) is 0 Å². The number of benzene rings is 1. The lowest BCUT2D eigenvalue weighted by Gasteiger charge is -2.25. The van der Waals surface area contributed by atoms with Crippen molar-refractivity contribution in [3.05, 3.63) is 28.8 Å². The summed E-state index contributed by atoms with van der Waals surface area (Å²) in [5.74, 6) is 0.745. The van der Waals surface area contributed by atoms with E-state index in [2.05, 4.69) is 30.9 Å². The Balaban J connectivity index is 2.28. The summed E-state index contributed by atoms with van der Waals surface area (Å²) in [5.41, 5.74) is 8.11. The van der Waals surface area contributed by atoms with Gasteiger partial charge in [-0.25, -0.2) is 0 Å². The van der Waals surface area contributed by atoms with Crippen LogP contribution in [0.25, 0.3) is 0 Å². The van der Waals surface area contributed by atoms with Gasteiger partial charge in [0.15, 0.2) is 0 Å². The first-order valence-corrected chi connectivity index (χ1v) is 6.68. The van der Waals surface area contributed by atoms with Crippen LogP contribution in [0.3, 0.4) is 0 Å². The normalized spacial score (nSPS) is 26.3. The van der Waals surface area contributed by atoms with E-state index < -0.39 is 0 Å². The fourth-order valence-corrected chi connectivity index (χ4v) is 2.97. The van der Waals surface area contributed by atoms with Crippen LogP contribution in [0.15, 0.2) is 18.2 Å². The molecule has 3 atom stereocenters. The summed E-state index contributed by atoms with van der Waals surface area (Å²) in [6, 6.07) is 6.80. The van der Waals surface area contributed by atoms with E-state index >= 15 is 0 Å². The van der Waals surface area contributed by atoms with Crippen LogP contribution in [0.5, 0.6) is 0 Å². The summed E-state index contributed by atoms with van der Waals surface area (Å²) >= 11 is 6.37. The molecule has 2 rings (SSSR count). The average Bonchev–Trinajstić information content (AvgIpc) is 2.57. The van der Waals surface area contributed by atoms with E-state index in [1.165, 1.54) is 6.42 Å². The van der Waals surface area contributed by atoms with Crippen molar-refractivity contribution in [2.75, 3.05) is 11.4 Å². The van der Waals surface area contributed by atoms with Gasteiger partial charge >= 0.3 is 0 Å². The molecule has 3 heteroatoms. The Bertz CT molecular complexity index is 403. The number of halogens is 1. The zero-order valence-corrected chi connectivity index (χ0v) is 11.5. The summed E-state index contributed by atoms with van der Waals surface area (Å²) in [7, 11) is 0. The van der Waals surface area contributed by atoms with Crippen molar-refractivity contribution < 1.29 is 0 Å². The number of hydrogen-bond acceptors (Lipinski definition) is 2. The van der Waals surface area contributed by atoms with Crippen molar-refractivity contribution in [1.82, 2.24) is 0 Å². The predicted molar refractivity (Wildman–Crippen MR) is 74.6 cm³/mol. The molecule has 1 aliphatic rings. The number of rotatable bonds is 2. The van der Waals surface area contributed by atoms with Gasteiger partial charge in [-0.15, -0.1) is 0 Å². The maximum absolute atomic E-state index is 6.37. The highest BCUT2D eigenvalue weighted by Crippen LogP contribution is 2.34. The molecule has 1 fully saturated rings. The molecule has 0 radical (unpaired) electrons. The summed E-state index contributed by atoms with van der Waals surface area (Å²) < 4.78 is 0. The number of nitrogens with two attached hydrogens (primary N) is 1. The lowest BCUT2D eigenvalue weighted by Crippen LogP contribution is -2.27. The van der Waals surface area contributed by atoms with Crippen molar-refractivity contribution >= 4 is 17.3 Å². The monoisotopic (exact) mass is 252 g/mol. The van der Waals surface area contributed by atoms with E-state index in [1.807, 2.05) is 13.0 Å². The largest absolute Gasteiger partial charge is 0.367 e. The van der Waals surface area contributed by atoms with Gasteiger partial charge in [0.25, 0.3) is 0 Å². The van der Waals surface area contributed by atoms with E-state index in [9.17, 15) is 0 Å². The van der Waals surface area contributed by atoms with Crippen LogP contribution in [-0.4, -0.2) is 12.6 Å². The number of hydrogen-bond donors (Lipinski definition) is 1. The van der Waals surface area contributed by atoms with Crippen LogP contribution in [-0.2, 0) is 0 Å². The second kappa shape index (κ2) is 4.87. The fourth-order valence-electron chi connectivity index (χ4n) is 2.67. The smallest absolute Gasteiger partial charge is 0.0642 e. The van der Waals surface area contributed by atoms with Crippen LogP contribution in [0, 0.1) is 5.92 Å². The third-order valence-electron chi connectivity index (χ3n) is 3.59. The number of anilines is 1. The molecule has 0 spiro atoms. The maximum Gasteiger partial charge on any atom is 0.0642 e. The molecule has 2 nitrogen and oxygen atoms in total. The van der Waals surface area contributed by atoms with Gasteiger partial charge in [-0.3, -0.25) is 0 Å². The summed E-state index contributed by atoms with van der Waals surface area (Å²) in [6.07, 6.45) is 1.24. The van der Waals surface area contributed by atoms with Crippen LogP contribution in [0.4, 0.5) is 5.69 Å². The highest BCUT2D eigenvalue weighted by molar-refractivity contribution is 6.33. The Morgan fingerprint density at radius 1 is 1.41 bits per heavy atom. The molecule has 0 aromatic heterocycles. The summed E-state index contributed by atoms with van der Waals surface area (Å²) in [5, 5.41) is 0.820. The first kappa shape index (κ1) is 12.7. The molecule has 2 unspecified atom stereocenters. The van der Waals surface area contributed by atoms with Gasteiger partial charge in [0.1, 0.15) is 0 Å². The minimum absolute atomic E-state index is 0.0384. The first-order valence-electron chi connectivity index (χ1n) is 6.30. The molecule has 94 valence electrons. The van der Waals surface area contributed by atoms with Crippen molar-refractivity contribution in [2.45, 2.75) is 39.3 Å². The zero-order valence-electron chi connectivity index (χ0n) is 10.8. The van der Waals surface area contributed by atoms with Crippen molar-refractivity contribution in [2.24, 2.45) is 11.7 Å². The lowest BCUT2D eigenvalue weighted by molar-refractivity contribution is 0.625. The minimum Gasteiger partial charge on any atom is -0.367 e. The molecular formula is C14H21ClN2. The Labute approximate surface area is 109 Å². The van der Waals surface area contributed by atoms with Crippen molar-refractivity contribution in [3.8, 4) is 0 Å². The average molecular weight is 253 g/mol. The Morgan fingerprint density at radius 2 is 2.12 bits per heavy atom. The third-order valence-corrected chi connectivity index (χ3v) is 3.89. The Kier molecular flexibility index (Phi) is 3.64. The van der Waals surface area contributed by atoms with Crippen LogP contribution < -0.4 is 10.6 Å². The maximum atomic E-state index is 6.37. The second-order valence-electron chi connectivity index (χ2n) is 5.34. The van der Waals surface area contributed by atoms with E-state index in [0.717, 1.165) is 28.7 Å². The van der Waals surface area contributed by atoms with Crippen LogP contribution >= 0.6 is 11.6 Å². The first-order chi connectivity index (χ1) is 7.99. The van der Waals surface area contributed by atoms with Gasteiger partial charge in [0.05, 0.1) is 10.7 Å². The standard InChI is InChI=1S/C14H21ClN2/c1-9-6-10(2)17(8-9)14-5-4-12(11(3)16)7-13(14)15/h4-5,7,9-11H,6,8,16H2,1-3H3/t9?,10?,11-/m1/s1. The molecule has 2 N–H and O–H groups in total. The molecule has 1 aromatic carbocycles. The topological polar surface area (TPSA) is 29.3 Å². The van der Waals surface area contributed by atoms with Gasteiger partial charge in [-0.1, -0.05) is 24.6 Å². The lowest BCUT2D eigenvalue weighted by atomic mass is 10.1. The van der Waals surface area contributed by atoms with E-state index in [-0.39, 0.29) is 6.04 Å². The van der Waals surface area contributed by atoms with E-state index in [1.54, 1.807) is 0 Å². The van der Waals surface area contributed by atoms with Gasteiger partial charge < -0.3 is 10.6 Å². The molecule has 1 saturated heterocycles. The molecule has 0 bridgehead atoms. The third kappa shape index (κ3) is 2.58. The molecule has 0 saturated carbocycles. The Hall–Kier alpha value is -0.730. The van der Waals surface area contributed by atoms with Gasteiger partial charge in [0, 0.05) is 18.6 Å². The van der Waals surface area contributed by atoms with Crippen LogP contribution in [0.1, 0.15) is 38.8 Å². The van der Waals surface area contributed by atoms with E-state index in [0.29, 0.717) is 6.04 Å². The second-order valence-corrected chi connectivity index (χ2v) is 5.75. The zero-order chi connectivity index (χ0) is 12.6. The molecular weight excluding hydrogens is 232 g/mol. The highest BCUT2D eigenvalue weighted by atomic mass is 35.5. The molecule has 0 amide bonds. The fraction of sp³-hybridized carbons (Fsp3) is 0.571. The highest BCUT2D eigenvalue weighted by Gasteiger charge is 2.27. The summed E-state index contributed by atoms with van der Waals surface area (Å²) in [4.78, 5) is 2.40. The summed E-state index contributed by atoms with van der Waals surface area (Å²) in [6.45, 7) is 7.63. The van der Waals surface area contributed by atoms with Crippen LogP contribution in [0.2, 0.25) is 5.02 Å². The predicted octanol–water partition coefficient (Wildman–Crippen LogP) is 3.59. The molecule has 1 aliphatic heterocycles. The Morgan fingerprint density at radius 3 is 2.59 bits per heavy atom. The molecule has 17 heavy (non-hydrogen) atoms. The van der Waals surface area contributed by atoms with Crippen molar-refractivity contribution in [1.29, 1.82) is 0 Å². The van der Waals surface area contributed by atoms with Gasteiger partial charge in [-0.05, 0) is 43.9 Å².